The number of thioether (sulfide) groups is 1. The second-order valence-electron chi connectivity index (χ2n) is 8.79. The van der Waals surface area contributed by atoms with Crippen molar-refractivity contribution in [3.63, 3.8) is 0 Å². The van der Waals surface area contributed by atoms with Gasteiger partial charge in [0.2, 0.25) is 18.4 Å². The predicted octanol–water partition coefficient (Wildman–Crippen LogP) is 5.10. The molecule has 0 radical (unpaired) electrons. The third-order valence-electron chi connectivity index (χ3n) is 5.97. The van der Waals surface area contributed by atoms with Crippen LogP contribution in [0.15, 0.2) is 59.5 Å². The molecule has 0 unspecified atom stereocenters. The van der Waals surface area contributed by atoms with Crippen molar-refractivity contribution < 1.29 is 43.2 Å². The lowest BCUT2D eigenvalue weighted by atomic mass is 10.1. The van der Waals surface area contributed by atoms with Gasteiger partial charge in [-0.05, 0) is 60.7 Å². The number of nitro groups is 2. The number of rotatable bonds is 10. The first kappa shape index (κ1) is 28.9. The smallest absolute Gasteiger partial charge is 0.318 e. The van der Waals surface area contributed by atoms with Crippen molar-refractivity contribution in [2.45, 2.75) is 6.92 Å². The standard InChI is InChI=1S/C27H20N4O11S/c1-2-39-22-9-15(3-6-21(22)42-19-8-5-17(30(35)36)12-18(19)31(37)38)10-24-26(33)29(27(34)43-24)13-25(32)28-16-4-7-20-23(11-16)41-14-40-20/h3-12H,2,13-14H2,1H3,(H,28,32)/b24-10+. The molecule has 1 saturated heterocycles. The Morgan fingerprint density at radius 1 is 1.00 bits per heavy atom. The Morgan fingerprint density at radius 2 is 1.77 bits per heavy atom. The maximum atomic E-state index is 13.0. The number of hydrogen-bond acceptors (Lipinski definition) is 12. The van der Waals surface area contributed by atoms with E-state index < -0.39 is 44.8 Å². The summed E-state index contributed by atoms with van der Waals surface area (Å²) in [5.74, 6) is -0.284. The van der Waals surface area contributed by atoms with Gasteiger partial charge in [0.15, 0.2) is 23.0 Å². The summed E-state index contributed by atoms with van der Waals surface area (Å²) in [6, 6.07) is 12.2. The number of nitro benzene ring substituents is 2. The van der Waals surface area contributed by atoms with E-state index in [0.29, 0.717) is 34.5 Å². The van der Waals surface area contributed by atoms with Gasteiger partial charge >= 0.3 is 5.69 Å². The molecule has 43 heavy (non-hydrogen) atoms. The molecule has 15 nitrogen and oxygen atoms in total. The molecule has 0 bridgehead atoms. The second kappa shape index (κ2) is 12.1. The average molecular weight is 609 g/mol. The summed E-state index contributed by atoms with van der Waals surface area (Å²) in [5, 5.41) is 24.5. The van der Waals surface area contributed by atoms with Gasteiger partial charge in [-0.2, -0.15) is 0 Å². The number of non-ortho nitro benzene ring substituents is 1. The minimum Gasteiger partial charge on any atom is -0.490 e. The minimum atomic E-state index is -0.803. The van der Waals surface area contributed by atoms with Crippen LogP contribution in [-0.2, 0) is 9.59 Å². The fourth-order valence-electron chi connectivity index (χ4n) is 4.04. The summed E-state index contributed by atoms with van der Waals surface area (Å²) in [6.45, 7) is 1.45. The molecule has 5 rings (SSSR count). The number of amides is 3. The topological polar surface area (TPSA) is 190 Å². The van der Waals surface area contributed by atoms with Crippen LogP contribution >= 0.6 is 11.8 Å². The molecule has 2 aliphatic rings. The number of carbonyl (C=O) groups excluding carboxylic acids is 3. The van der Waals surface area contributed by atoms with E-state index in [-0.39, 0.29) is 35.6 Å². The molecule has 1 N–H and O–H groups in total. The molecule has 0 aliphatic carbocycles. The Balaban J connectivity index is 1.31. The predicted molar refractivity (Wildman–Crippen MR) is 151 cm³/mol. The van der Waals surface area contributed by atoms with E-state index in [1.54, 1.807) is 25.1 Å². The van der Waals surface area contributed by atoms with Crippen molar-refractivity contribution in [1.29, 1.82) is 0 Å². The van der Waals surface area contributed by atoms with Crippen LogP contribution in [0.1, 0.15) is 12.5 Å². The number of carbonyl (C=O) groups is 3. The Kier molecular flexibility index (Phi) is 8.11. The second-order valence-corrected chi connectivity index (χ2v) is 9.78. The molecule has 3 aromatic rings. The Hall–Kier alpha value is -5.64. The molecule has 0 atom stereocenters. The van der Waals surface area contributed by atoms with Gasteiger partial charge in [0.25, 0.3) is 16.8 Å². The molecule has 0 saturated carbocycles. The number of hydrogen-bond donors (Lipinski definition) is 1. The molecule has 220 valence electrons. The molecule has 1 fully saturated rings. The van der Waals surface area contributed by atoms with Crippen molar-refractivity contribution >= 4 is 52.0 Å². The zero-order chi connectivity index (χ0) is 30.7. The molecule has 0 aromatic heterocycles. The van der Waals surface area contributed by atoms with Crippen LogP contribution in [0.4, 0.5) is 21.9 Å². The van der Waals surface area contributed by atoms with E-state index in [9.17, 15) is 34.6 Å². The van der Waals surface area contributed by atoms with Gasteiger partial charge in [0.1, 0.15) is 6.54 Å². The average Bonchev–Trinajstić information content (AvgIpc) is 3.54. The summed E-state index contributed by atoms with van der Waals surface area (Å²) in [4.78, 5) is 60.0. The van der Waals surface area contributed by atoms with Crippen LogP contribution in [0.25, 0.3) is 6.08 Å². The highest BCUT2D eigenvalue weighted by Gasteiger charge is 2.36. The molecule has 3 aromatic carbocycles. The molecule has 0 spiro atoms. The lowest BCUT2D eigenvalue weighted by Gasteiger charge is -2.13. The maximum absolute atomic E-state index is 13.0. The molecule has 16 heteroatoms. The van der Waals surface area contributed by atoms with Crippen LogP contribution in [-0.4, -0.2) is 51.7 Å². The Labute approximate surface area is 246 Å². The molecular weight excluding hydrogens is 588 g/mol. The van der Waals surface area contributed by atoms with Gasteiger partial charge in [-0.15, -0.1) is 0 Å². The van der Waals surface area contributed by atoms with Crippen molar-refractivity contribution in [3.05, 3.63) is 85.3 Å². The Bertz CT molecular complexity index is 1710. The number of nitrogens with one attached hydrogen (secondary N) is 1. The quantitative estimate of drug-likeness (QED) is 0.182. The van der Waals surface area contributed by atoms with Gasteiger partial charge in [-0.1, -0.05) is 6.07 Å². The molecule has 3 amide bonds. The van der Waals surface area contributed by atoms with E-state index in [1.165, 1.54) is 24.3 Å². The van der Waals surface area contributed by atoms with Gasteiger partial charge in [-0.25, -0.2) is 0 Å². The third kappa shape index (κ3) is 6.33. The van der Waals surface area contributed by atoms with Gasteiger partial charge in [0, 0.05) is 17.8 Å². The monoisotopic (exact) mass is 608 g/mol. The SMILES string of the molecule is CCOc1cc(/C=C2/SC(=O)N(CC(=O)Nc3ccc4c(c3)OCO4)C2=O)ccc1Oc1ccc([N+](=O)[O-])cc1[N+](=O)[O-]. The number of nitrogens with zero attached hydrogens (tertiary/aromatic N) is 3. The zero-order valence-corrected chi connectivity index (χ0v) is 23.0. The Morgan fingerprint density at radius 3 is 2.51 bits per heavy atom. The maximum Gasteiger partial charge on any atom is 0.318 e. The van der Waals surface area contributed by atoms with Gasteiger partial charge < -0.3 is 24.3 Å². The van der Waals surface area contributed by atoms with E-state index in [1.807, 2.05) is 0 Å². The third-order valence-corrected chi connectivity index (χ3v) is 6.87. The van der Waals surface area contributed by atoms with E-state index in [4.69, 9.17) is 18.9 Å². The van der Waals surface area contributed by atoms with Crippen LogP contribution in [0.5, 0.6) is 28.7 Å². The first-order chi connectivity index (χ1) is 20.6. The van der Waals surface area contributed by atoms with E-state index in [0.717, 1.165) is 23.1 Å². The first-order valence-electron chi connectivity index (χ1n) is 12.5. The minimum absolute atomic E-state index is 0.0583. The van der Waals surface area contributed by atoms with Crippen LogP contribution in [0.3, 0.4) is 0 Å². The molecular formula is C27H20N4O11S. The molecule has 2 heterocycles. The number of anilines is 1. The number of benzene rings is 3. The summed E-state index contributed by atoms with van der Waals surface area (Å²) in [5.41, 5.74) is -0.248. The summed E-state index contributed by atoms with van der Waals surface area (Å²) in [6.07, 6.45) is 1.43. The van der Waals surface area contributed by atoms with Crippen LogP contribution in [0, 0.1) is 20.2 Å². The number of ether oxygens (including phenoxy) is 4. The lowest BCUT2D eigenvalue weighted by molar-refractivity contribution is -0.394. The first-order valence-corrected chi connectivity index (χ1v) is 13.3. The fourth-order valence-corrected chi connectivity index (χ4v) is 4.88. The van der Waals surface area contributed by atoms with Gasteiger partial charge in [0.05, 0.1) is 27.4 Å². The van der Waals surface area contributed by atoms with Crippen LogP contribution < -0.4 is 24.3 Å². The highest BCUT2D eigenvalue weighted by molar-refractivity contribution is 8.18. The van der Waals surface area contributed by atoms with Gasteiger partial charge in [-0.3, -0.25) is 39.5 Å². The lowest BCUT2D eigenvalue weighted by Crippen LogP contribution is -2.36. The zero-order valence-electron chi connectivity index (χ0n) is 22.1. The van der Waals surface area contributed by atoms with Crippen molar-refractivity contribution in [3.8, 4) is 28.7 Å². The van der Waals surface area contributed by atoms with E-state index in [2.05, 4.69) is 5.32 Å². The van der Waals surface area contributed by atoms with Crippen molar-refractivity contribution in [2.24, 2.45) is 0 Å². The number of imide groups is 1. The highest BCUT2D eigenvalue weighted by Crippen LogP contribution is 2.40. The highest BCUT2D eigenvalue weighted by atomic mass is 32.2. The fraction of sp³-hybridized carbons (Fsp3) is 0.148. The number of fused-ring (bicyclic) bond motifs is 1. The normalized spacial score (nSPS) is 14.6. The van der Waals surface area contributed by atoms with Crippen molar-refractivity contribution in [1.82, 2.24) is 4.90 Å². The van der Waals surface area contributed by atoms with Crippen molar-refractivity contribution in [2.75, 3.05) is 25.3 Å². The van der Waals surface area contributed by atoms with E-state index >= 15 is 0 Å². The largest absolute Gasteiger partial charge is 0.490 e. The summed E-state index contributed by atoms with van der Waals surface area (Å²) in [7, 11) is 0. The molecule has 2 aliphatic heterocycles. The van der Waals surface area contributed by atoms with Crippen LogP contribution in [0.2, 0.25) is 0 Å². The summed E-state index contributed by atoms with van der Waals surface area (Å²) >= 11 is 0.656. The summed E-state index contributed by atoms with van der Waals surface area (Å²) < 4.78 is 21.8.